The van der Waals surface area contributed by atoms with Gasteiger partial charge in [-0.1, -0.05) is 44.2 Å². The van der Waals surface area contributed by atoms with Crippen LogP contribution in [0.15, 0.2) is 54.6 Å². The van der Waals surface area contributed by atoms with Crippen LogP contribution >= 0.6 is 0 Å². The average molecular weight is 327 g/mol. The van der Waals surface area contributed by atoms with Gasteiger partial charge in [-0.3, -0.25) is 4.79 Å². The van der Waals surface area contributed by atoms with Crippen molar-refractivity contribution in [3.8, 4) is 5.75 Å². The molecule has 126 valence electrons. The maximum Gasteiger partial charge on any atom is 0.244 e. The van der Waals surface area contributed by atoms with Crippen LogP contribution in [0, 0.1) is 5.82 Å². The van der Waals surface area contributed by atoms with Gasteiger partial charge < -0.3 is 10.1 Å². The van der Waals surface area contributed by atoms with Crippen molar-refractivity contribution in [1.82, 2.24) is 5.32 Å². The molecular formula is C20H22FNO2. The Morgan fingerprint density at radius 1 is 1.17 bits per heavy atom. The van der Waals surface area contributed by atoms with E-state index in [0.29, 0.717) is 12.1 Å². The Labute approximate surface area is 142 Å². The number of hydrogen-bond acceptors (Lipinski definition) is 2. The second kappa shape index (κ2) is 7.77. The molecule has 0 unspecified atom stereocenters. The van der Waals surface area contributed by atoms with Crippen molar-refractivity contribution in [1.29, 1.82) is 0 Å². The highest BCUT2D eigenvalue weighted by molar-refractivity contribution is 5.91. The van der Waals surface area contributed by atoms with Gasteiger partial charge in [-0.2, -0.15) is 0 Å². The summed E-state index contributed by atoms with van der Waals surface area (Å²) in [5, 5.41) is 2.82. The van der Waals surface area contributed by atoms with Crippen LogP contribution in [0.25, 0.3) is 6.08 Å². The van der Waals surface area contributed by atoms with Crippen molar-refractivity contribution in [3.63, 3.8) is 0 Å². The summed E-state index contributed by atoms with van der Waals surface area (Å²) < 4.78 is 19.0. The molecule has 0 bridgehead atoms. The van der Waals surface area contributed by atoms with Crippen LogP contribution in [0.1, 0.15) is 25.0 Å². The lowest BCUT2D eigenvalue weighted by molar-refractivity contribution is -0.116. The molecule has 24 heavy (non-hydrogen) atoms. The molecule has 0 spiro atoms. The van der Waals surface area contributed by atoms with Crippen molar-refractivity contribution in [3.05, 3.63) is 71.6 Å². The molecule has 2 rings (SSSR count). The summed E-state index contributed by atoms with van der Waals surface area (Å²) in [6.45, 7) is 4.15. The molecule has 0 radical (unpaired) electrons. The highest BCUT2D eigenvalue weighted by Gasteiger charge is 2.24. The Kier molecular flexibility index (Phi) is 5.74. The van der Waals surface area contributed by atoms with E-state index in [1.54, 1.807) is 31.4 Å². The van der Waals surface area contributed by atoms with Crippen LogP contribution in [0.2, 0.25) is 0 Å². The van der Waals surface area contributed by atoms with Crippen molar-refractivity contribution < 1.29 is 13.9 Å². The molecule has 0 saturated carbocycles. The Balaban J connectivity index is 1.94. The van der Waals surface area contributed by atoms with E-state index in [0.717, 1.165) is 11.3 Å². The number of nitrogens with one attached hydrogen (secondary N) is 1. The Bertz CT molecular complexity index is 721. The summed E-state index contributed by atoms with van der Waals surface area (Å²) in [5.41, 5.74) is 0.998. The Morgan fingerprint density at radius 3 is 2.46 bits per heavy atom. The molecule has 2 aromatic carbocycles. The van der Waals surface area contributed by atoms with E-state index in [9.17, 15) is 9.18 Å². The number of carbonyl (C=O) groups excluding carboxylic acids is 1. The molecular weight excluding hydrogens is 305 g/mol. The van der Waals surface area contributed by atoms with Crippen molar-refractivity contribution >= 4 is 12.0 Å². The van der Waals surface area contributed by atoms with Crippen molar-refractivity contribution in [2.75, 3.05) is 13.7 Å². The minimum Gasteiger partial charge on any atom is -0.497 e. The van der Waals surface area contributed by atoms with E-state index in [1.165, 1.54) is 12.1 Å². The third-order valence-corrected chi connectivity index (χ3v) is 3.85. The largest absolute Gasteiger partial charge is 0.497 e. The number of ether oxygens (including phenoxy) is 1. The lowest BCUT2D eigenvalue weighted by Gasteiger charge is -2.25. The summed E-state index contributed by atoms with van der Waals surface area (Å²) in [5.74, 6) is 0.295. The number of amides is 1. The van der Waals surface area contributed by atoms with Gasteiger partial charge in [-0.25, -0.2) is 4.39 Å². The number of halogens is 1. The predicted molar refractivity (Wildman–Crippen MR) is 94.5 cm³/mol. The Hall–Kier alpha value is -2.62. The quantitative estimate of drug-likeness (QED) is 0.816. The zero-order valence-corrected chi connectivity index (χ0v) is 14.2. The van der Waals surface area contributed by atoms with Crippen LogP contribution in [0.3, 0.4) is 0 Å². The van der Waals surface area contributed by atoms with Gasteiger partial charge in [0.25, 0.3) is 0 Å². The normalized spacial score (nSPS) is 11.5. The third-order valence-electron chi connectivity index (χ3n) is 3.85. The maximum absolute atomic E-state index is 13.9. The summed E-state index contributed by atoms with van der Waals surface area (Å²) in [6, 6.07) is 14.0. The number of methoxy groups -OCH3 is 1. The third kappa shape index (κ3) is 4.69. The van der Waals surface area contributed by atoms with Crippen LogP contribution in [0.4, 0.5) is 4.39 Å². The standard InChI is InChI=1S/C20H22FNO2/c1-20(2,17-6-4-5-7-18(17)21)14-22-19(23)13-10-15-8-11-16(24-3)12-9-15/h4-13H,14H2,1-3H3,(H,22,23)/b13-10+. The first kappa shape index (κ1) is 17.7. The zero-order chi connectivity index (χ0) is 17.6. The highest BCUT2D eigenvalue weighted by atomic mass is 19.1. The van der Waals surface area contributed by atoms with E-state index >= 15 is 0 Å². The van der Waals surface area contributed by atoms with Crippen molar-refractivity contribution in [2.45, 2.75) is 19.3 Å². The molecule has 0 aliphatic rings. The van der Waals surface area contributed by atoms with Crippen LogP contribution in [0.5, 0.6) is 5.75 Å². The van der Waals surface area contributed by atoms with Crippen molar-refractivity contribution in [2.24, 2.45) is 0 Å². The SMILES string of the molecule is COc1ccc(/C=C/C(=O)NCC(C)(C)c2ccccc2F)cc1. The van der Waals surface area contributed by atoms with Gasteiger partial charge in [0.1, 0.15) is 11.6 Å². The minimum atomic E-state index is -0.491. The minimum absolute atomic E-state index is 0.213. The Morgan fingerprint density at radius 2 is 1.83 bits per heavy atom. The van der Waals surface area contributed by atoms with E-state index < -0.39 is 5.41 Å². The summed E-state index contributed by atoms with van der Waals surface area (Å²) in [6.07, 6.45) is 3.20. The maximum atomic E-state index is 13.9. The molecule has 1 N–H and O–H groups in total. The first-order valence-electron chi connectivity index (χ1n) is 7.77. The van der Waals surface area contributed by atoms with Crippen LogP contribution < -0.4 is 10.1 Å². The topological polar surface area (TPSA) is 38.3 Å². The number of hydrogen-bond donors (Lipinski definition) is 1. The lowest BCUT2D eigenvalue weighted by Crippen LogP contribution is -2.36. The van der Waals surface area contributed by atoms with Crippen LogP contribution in [-0.4, -0.2) is 19.6 Å². The summed E-state index contributed by atoms with van der Waals surface area (Å²) in [4.78, 5) is 12.0. The second-order valence-corrected chi connectivity index (χ2v) is 6.19. The van der Waals surface area contributed by atoms with Gasteiger partial charge in [0, 0.05) is 18.0 Å². The molecule has 0 aromatic heterocycles. The second-order valence-electron chi connectivity index (χ2n) is 6.19. The van der Waals surface area contributed by atoms with Gasteiger partial charge >= 0.3 is 0 Å². The molecule has 1 amide bonds. The van der Waals surface area contributed by atoms with Gasteiger partial charge in [0.15, 0.2) is 0 Å². The highest BCUT2D eigenvalue weighted by Crippen LogP contribution is 2.24. The molecule has 3 nitrogen and oxygen atoms in total. The smallest absolute Gasteiger partial charge is 0.244 e. The number of rotatable bonds is 6. The molecule has 0 aliphatic carbocycles. The fourth-order valence-corrected chi connectivity index (χ4v) is 2.36. The average Bonchev–Trinajstić information content (AvgIpc) is 2.59. The van der Waals surface area contributed by atoms with Gasteiger partial charge in [-0.15, -0.1) is 0 Å². The molecule has 2 aromatic rings. The van der Waals surface area contributed by atoms with Gasteiger partial charge in [-0.05, 0) is 35.4 Å². The molecule has 0 atom stereocenters. The number of carbonyl (C=O) groups is 1. The monoisotopic (exact) mass is 327 g/mol. The molecule has 0 heterocycles. The summed E-state index contributed by atoms with van der Waals surface area (Å²) >= 11 is 0. The van der Waals surface area contributed by atoms with E-state index in [-0.39, 0.29) is 11.7 Å². The fraction of sp³-hybridized carbons (Fsp3) is 0.250. The van der Waals surface area contributed by atoms with E-state index in [2.05, 4.69) is 5.32 Å². The van der Waals surface area contributed by atoms with Gasteiger partial charge in [0.05, 0.1) is 7.11 Å². The summed E-state index contributed by atoms with van der Waals surface area (Å²) in [7, 11) is 1.61. The van der Waals surface area contributed by atoms with E-state index in [1.807, 2.05) is 38.1 Å². The zero-order valence-electron chi connectivity index (χ0n) is 14.2. The molecule has 0 saturated heterocycles. The molecule has 0 aliphatic heterocycles. The predicted octanol–water partition coefficient (Wildman–Crippen LogP) is 3.94. The first-order valence-corrected chi connectivity index (χ1v) is 7.77. The lowest BCUT2D eigenvalue weighted by atomic mass is 9.84. The fourth-order valence-electron chi connectivity index (χ4n) is 2.36. The van der Waals surface area contributed by atoms with E-state index in [4.69, 9.17) is 4.74 Å². The van der Waals surface area contributed by atoms with Gasteiger partial charge in [0.2, 0.25) is 5.91 Å². The molecule has 0 fully saturated rings. The molecule has 4 heteroatoms. The first-order chi connectivity index (χ1) is 11.4. The van der Waals surface area contributed by atoms with Crippen LogP contribution in [-0.2, 0) is 10.2 Å². The number of benzene rings is 2.